The molecule has 8 aromatic rings. The maximum absolute atomic E-state index is 12.8. The van der Waals surface area contributed by atoms with E-state index in [1.54, 1.807) is 0 Å². The van der Waals surface area contributed by atoms with Gasteiger partial charge in [-0.25, -0.2) is 9.97 Å². The Morgan fingerprint density at radius 3 is 1.17 bits per heavy atom. The van der Waals surface area contributed by atoms with Crippen LogP contribution in [0, 0.1) is 0 Å². The molecule has 0 unspecified atom stereocenters. The Morgan fingerprint density at radius 2 is 0.815 bits per heavy atom. The topological polar surface area (TPSA) is 44.2 Å². The number of alkyl halides is 6. The van der Waals surface area contributed by atoms with E-state index in [1.165, 1.54) is 34.8 Å². The number of hydrogen-bond donors (Lipinski definition) is 0. The molecule has 0 fully saturated rings. The number of rotatable bonds is 8. The lowest BCUT2D eigenvalue weighted by molar-refractivity contribution is -0.138. The zero-order chi connectivity index (χ0) is 37.7. The first-order chi connectivity index (χ1) is 26.0. The van der Waals surface area contributed by atoms with Crippen LogP contribution in [-0.2, 0) is 25.6 Å². The number of benzene rings is 6. The van der Waals surface area contributed by atoms with E-state index >= 15 is 0 Å². The molecule has 54 heavy (non-hydrogen) atoms. The standard InChI is InChI=1S/2C21H14F3NOS/c2*22-21(23,24)16-8-11-19-18(12-16)25-20(27-19)15-6-9-17(10-7-15)26-13-14-4-2-1-3-5-14/h2*1-12H,13H2. The van der Waals surface area contributed by atoms with Crippen LogP contribution < -0.4 is 9.47 Å². The van der Waals surface area contributed by atoms with Crippen molar-refractivity contribution >= 4 is 43.1 Å². The first kappa shape index (κ1) is 36.6. The second kappa shape index (κ2) is 15.7. The van der Waals surface area contributed by atoms with Crippen molar-refractivity contribution in [2.75, 3.05) is 0 Å². The number of aromatic nitrogens is 2. The van der Waals surface area contributed by atoms with Crippen LogP contribution in [0.15, 0.2) is 146 Å². The largest absolute Gasteiger partial charge is 0.489 e. The molecule has 0 aliphatic rings. The van der Waals surface area contributed by atoms with Crippen LogP contribution in [0.4, 0.5) is 26.3 Å². The normalized spacial score (nSPS) is 11.7. The van der Waals surface area contributed by atoms with E-state index in [9.17, 15) is 26.3 Å². The van der Waals surface area contributed by atoms with Crippen molar-refractivity contribution in [3.05, 3.63) is 168 Å². The lowest BCUT2D eigenvalue weighted by atomic mass is 10.2. The molecule has 0 atom stereocenters. The van der Waals surface area contributed by atoms with E-state index in [2.05, 4.69) is 9.97 Å². The number of thiazole rings is 2. The summed E-state index contributed by atoms with van der Waals surface area (Å²) in [4.78, 5) is 8.72. The second-order valence-electron chi connectivity index (χ2n) is 12.0. The zero-order valence-electron chi connectivity index (χ0n) is 28.1. The van der Waals surface area contributed by atoms with E-state index in [0.29, 0.717) is 34.3 Å². The summed E-state index contributed by atoms with van der Waals surface area (Å²) in [6, 6.07) is 41.8. The minimum atomic E-state index is -4.37. The Morgan fingerprint density at radius 1 is 0.444 bits per heavy atom. The van der Waals surface area contributed by atoms with E-state index in [4.69, 9.17) is 9.47 Å². The summed E-state index contributed by atoms with van der Waals surface area (Å²) >= 11 is 2.73. The van der Waals surface area contributed by atoms with Gasteiger partial charge in [0.25, 0.3) is 0 Å². The highest BCUT2D eigenvalue weighted by molar-refractivity contribution is 7.22. The van der Waals surface area contributed by atoms with Gasteiger partial charge in [-0.1, -0.05) is 60.7 Å². The quantitative estimate of drug-likeness (QED) is 0.144. The first-order valence-corrected chi connectivity index (χ1v) is 18.1. The average Bonchev–Trinajstić information content (AvgIpc) is 3.81. The highest BCUT2D eigenvalue weighted by Gasteiger charge is 2.31. The SMILES string of the molecule is FC(F)(F)c1ccc2sc(-c3ccc(OCc4ccccc4)cc3)nc2c1.FC(F)(F)c1ccc2sc(-c3ccc(OCc4ccccc4)cc3)nc2c1. The number of ether oxygens (including phenoxy) is 2. The van der Waals surface area contributed by atoms with Crippen molar-refractivity contribution < 1.29 is 35.8 Å². The van der Waals surface area contributed by atoms with Gasteiger partial charge in [-0.2, -0.15) is 26.3 Å². The number of halogens is 6. The summed E-state index contributed by atoms with van der Waals surface area (Å²) < 4.78 is 90.0. The third kappa shape index (κ3) is 9.07. The Balaban J connectivity index is 0.000000167. The smallest absolute Gasteiger partial charge is 0.416 e. The molecular weight excluding hydrogens is 743 g/mol. The summed E-state index contributed by atoms with van der Waals surface area (Å²) in [5.74, 6) is 1.45. The molecule has 0 spiro atoms. The lowest BCUT2D eigenvalue weighted by Gasteiger charge is -2.06. The van der Waals surface area contributed by atoms with Crippen molar-refractivity contribution in [3.63, 3.8) is 0 Å². The van der Waals surface area contributed by atoms with Crippen LogP contribution in [0.2, 0.25) is 0 Å². The molecule has 0 saturated heterocycles. The van der Waals surface area contributed by atoms with Crippen molar-refractivity contribution in [1.29, 1.82) is 0 Å². The Labute approximate surface area is 313 Å². The van der Waals surface area contributed by atoms with Gasteiger partial charge in [0.05, 0.1) is 31.6 Å². The maximum Gasteiger partial charge on any atom is 0.416 e. The van der Waals surface area contributed by atoms with Crippen molar-refractivity contribution in [3.8, 4) is 32.6 Å². The van der Waals surface area contributed by atoms with Crippen LogP contribution in [0.3, 0.4) is 0 Å². The van der Waals surface area contributed by atoms with Gasteiger partial charge in [-0.15, -0.1) is 22.7 Å². The lowest BCUT2D eigenvalue weighted by Crippen LogP contribution is -2.03. The molecule has 0 aliphatic carbocycles. The molecule has 0 N–H and O–H groups in total. The van der Waals surface area contributed by atoms with E-state index < -0.39 is 23.5 Å². The predicted octanol–water partition coefficient (Wildman–Crippen LogP) is 13.1. The Hall–Kier alpha value is -5.72. The second-order valence-corrected chi connectivity index (χ2v) is 14.1. The van der Waals surface area contributed by atoms with Crippen molar-refractivity contribution in [2.45, 2.75) is 25.6 Å². The maximum atomic E-state index is 12.8. The van der Waals surface area contributed by atoms with Gasteiger partial charge < -0.3 is 9.47 Å². The van der Waals surface area contributed by atoms with Crippen LogP contribution in [0.1, 0.15) is 22.3 Å². The molecule has 2 heterocycles. The summed E-state index contributed by atoms with van der Waals surface area (Å²) in [5.41, 5.74) is 3.19. The molecule has 6 aromatic carbocycles. The zero-order valence-corrected chi connectivity index (χ0v) is 29.7. The minimum Gasteiger partial charge on any atom is -0.489 e. The van der Waals surface area contributed by atoms with Gasteiger partial charge in [0, 0.05) is 11.1 Å². The third-order valence-electron chi connectivity index (χ3n) is 8.13. The van der Waals surface area contributed by atoms with E-state index in [0.717, 1.165) is 67.4 Å². The molecule has 4 nitrogen and oxygen atoms in total. The van der Waals surface area contributed by atoms with Gasteiger partial charge in [0.15, 0.2) is 0 Å². The van der Waals surface area contributed by atoms with E-state index in [-0.39, 0.29) is 0 Å². The summed E-state index contributed by atoms with van der Waals surface area (Å²) in [7, 11) is 0. The van der Waals surface area contributed by atoms with Crippen molar-refractivity contribution in [2.24, 2.45) is 0 Å². The highest BCUT2D eigenvalue weighted by Crippen LogP contribution is 2.37. The average molecular weight is 771 g/mol. The van der Waals surface area contributed by atoms with Crippen molar-refractivity contribution in [1.82, 2.24) is 9.97 Å². The highest BCUT2D eigenvalue weighted by atomic mass is 32.1. The monoisotopic (exact) mass is 770 g/mol. The van der Waals surface area contributed by atoms with Gasteiger partial charge in [0.2, 0.25) is 0 Å². The van der Waals surface area contributed by atoms with Crippen LogP contribution >= 0.6 is 22.7 Å². The van der Waals surface area contributed by atoms with Crippen LogP contribution in [0.5, 0.6) is 11.5 Å². The third-order valence-corrected chi connectivity index (χ3v) is 10.3. The molecular formula is C42H28F6N2O2S2. The van der Waals surface area contributed by atoms with Crippen LogP contribution in [0.25, 0.3) is 41.6 Å². The summed E-state index contributed by atoms with van der Waals surface area (Å²) in [6.07, 6.45) is -8.73. The van der Waals surface area contributed by atoms with Crippen LogP contribution in [-0.4, -0.2) is 9.97 Å². The van der Waals surface area contributed by atoms with Gasteiger partial charge >= 0.3 is 12.4 Å². The number of nitrogens with zero attached hydrogens (tertiary/aromatic N) is 2. The number of hydrogen-bond acceptors (Lipinski definition) is 6. The summed E-state index contributed by atoms with van der Waals surface area (Å²) in [5, 5.41) is 1.36. The molecule has 0 amide bonds. The molecule has 2 aromatic heterocycles. The van der Waals surface area contributed by atoms with E-state index in [1.807, 2.05) is 109 Å². The minimum absolute atomic E-state index is 0.356. The fourth-order valence-electron chi connectivity index (χ4n) is 5.32. The van der Waals surface area contributed by atoms with Gasteiger partial charge in [-0.05, 0) is 96.1 Å². The molecule has 0 aliphatic heterocycles. The molecule has 272 valence electrons. The summed E-state index contributed by atoms with van der Waals surface area (Å²) in [6.45, 7) is 0.948. The van der Waals surface area contributed by atoms with Gasteiger partial charge in [0.1, 0.15) is 34.7 Å². The van der Waals surface area contributed by atoms with Gasteiger partial charge in [-0.3, -0.25) is 0 Å². The molecule has 12 heteroatoms. The predicted molar refractivity (Wildman–Crippen MR) is 202 cm³/mol. The Bertz CT molecular complexity index is 2290. The molecule has 0 saturated carbocycles. The number of fused-ring (bicyclic) bond motifs is 2. The fourth-order valence-corrected chi connectivity index (χ4v) is 7.23. The first-order valence-electron chi connectivity index (χ1n) is 16.5. The fraction of sp³-hybridized carbons (Fsp3) is 0.0952. The molecule has 0 bridgehead atoms. The molecule has 8 rings (SSSR count). The molecule has 0 radical (unpaired) electrons. The Kier molecular flexibility index (Phi) is 10.7.